The SMILES string of the molecule is Cc1n[nH]c(C)c1C(=O)Nc1nc2ccccc2nc1Cl. The average molecular weight is 302 g/mol. The number of anilines is 1. The lowest BCUT2D eigenvalue weighted by molar-refractivity contribution is 0.102. The molecule has 0 atom stereocenters. The number of H-pyrrole nitrogens is 1. The van der Waals surface area contributed by atoms with Crippen molar-refractivity contribution < 1.29 is 4.79 Å². The summed E-state index contributed by atoms with van der Waals surface area (Å²) in [4.78, 5) is 20.9. The summed E-state index contributed by atoms with van der Waals surface area (Å²) >= 11 is 6.08. The van der Waals surface area contributed by atoms with Crippen LogP contribution in [0.5, 0.6) is 0 Å². The number of amides is 1. The molecule has 0 spiro atoms. The molecule has 0 aliphatic carbocycles. The third kappa shape index (κ3) is 2.45. The lowest BCUT2D eigenvalue weighted by atomic mass is 10.2. The van der Waals surface area contributed by atoms with E-state index < -0.39 is 0 Å². The van der Waals surface area contributed by atoms with Gasteiger partial charge in [-0.3, -0.25) is 9.89 Å². The van der Waals surface area contributed by atoms with Gasteiger partial charge in [0.25, 0.3) is 5.91 Å². The van der Waals surface area contributed by atoms with Gasteiger partial charge in [0.1, 0.15) is 0 Å². The number of halogens is 1. The van der Waals surface area contributed by atoms with Gasteiger partial charge in [0.2, 0.25) is 0 Å². The molecule has 1 amide bonds. The lowest BCUT2D eigenvalue weighted by Crippen LogP contribution is -2.15. The van der Waals surface area contributed by atoms with Crippen molar-refractivity contribution in [3.63, 3.8) is 0 Å². The number of aromatic amines is 1. The lowest BCUT2D eigenvalue weighted by Gasteiger charge is -2.07. The highest BCUT2D eigenvalue weighted by atomic mass is 35.5. The minimum Gasteiger partial charge on any atom is -0.304 e. The van der Waals surface area contributed by atoms with E-state index in [1.807, 2.05) is 24.3 Å². The van der Waals surface area contributed by atoms with Gasteiger partial charge in [0, 0.05) is 5.69 Å². The number of nitrogens with one attached hydrogen (secondary N) is 2. The van der Waals surface area contributed by atoms with Crippen LogP contribution in [0.25, 0.3) is 11.0 Å². The Hall–Kier alpha value is -2.47. The van der Waals surface area contributed by atoms with Crippen LogP contribution in [0.2, 0.25) is 5.15 Å². The number of aryl methyl sites for hydroxylation is 2. The van der Waals surface area contributed by atoms with Gasteiger partial charge in [-0.05, 0) is 26.0 Å². The molecule has 21 heavy (non-hydrogen) atoms. The fourth-order valence-corrected chi connectivity index (χ4v) is 2.29. The molecule has 0 saturated carbocycles. The number of benzene rings is 1. The Bertz CT molecular complexity index is 823. The predicted octanol–water partition coefficient (Wildman–Crippen LogP) is 2.88. The molecule has 3 aromatic rings. The molecule has 6 nitrogen and oxygen atoms in total. The molecular weight excluding hydrogens is 290 g/mol. The van der Waals surface area contributed by atoms with Crippen LogP contribution in [0.15, 0.2) is 24.3 Å². The summed E-state index contributed by atoms with van der Waals surface area (Å²) in [5.41, 5.74) is 3.14. The van der Waals surface area contributed by atoms with Crippen LogP contribution in [0.4, 0.5) is 5.82 Å². The van der Waals surface area contributed by atoms with Gasteiger partial charge in [-0.2, -0.15) is 5.10 Å². The van der Waals surface area contributed by atoms with E-state index in [0.717, 1.165) is 0 Å². The molecule has 0 radical (unpaired) electrons. The van der Waals surface area contributed by atoms with Crippen molar-refractivity contribution >= 4 is 34.4 Å². The van der Waals surface area contributed by atoms with Crippen LogP contribution in [-0.4, -0.2) is 26.1 Å². The second kappa shape index (κ2) is 5.14. The summed E-state index contributed by atoms with van der Waals surface area (Å²) in [5.74, 6) is -0.0782. The number of fused-ring (bicyclic) bond motifs is 1. The normalized spacial score (nSPS) is 10.8. The van der Waals surface area contributed by atoms with Gasteiger partial charge in [-0.25, -0.2) is 9.97 Å². The molecule has 0 aliphatic rings. The van der Waals surface area contributed by atoms with Gasteiger partial charge < -0.3 is 5.32 Å². The highest BCUT2D eigenvalue weighted by Crippen LogP contribution is 2.22. The fourth-order valence-electron chi connectivity index (χ4n) is 2.11. The summed E-state index contributed by atoms with van der Waals surface area (Å²) in [7, 11) is 0. The summed E-state index contributed by atoms with van der Waals surface area (Å²) in [6, 6.07) is 7.32. The Labute approximate surface area is 125 Å². The van der Waals surface area contributed by atoms with Gasteiger partial charge in [-0.1, -0.05) is 23.7 Å². The number of nitrogens with zero attached hydrogens (tertiary/aromatic N) is 3. The molecule has 2 aromatic heterocycles. The van der Waals surface area contributed by atoms with Gasteiger partial charge in [0.15, 0.2) is 11.0 Å². The Balaban J connectivity index is 1.98. The predicted molar refractivity (Wildman–Crippen MR) is 80.6 cm³/mol. The van der Waals surface area contributed by atoms with Crippen molar-refractivity contribution in [3.05, 3.63) is 46.4 Å². The van der Waals surface area contributed by atoms with E-state index in [0.29, 0.717) is 28.0 Å². The van der Waals surface area contributed by atoms with Crippen molar-refractivity contribution in [2.75, 3.05) is 5.32 Å². The van der Waals surface area contributed by atoms with Crippen LogP contribution in [0.1, 0.15) is 21.7 Å². The fraction of sp³-hybridized carbons (Fsp3) is 0.143. The zero-order chi connectivity index (χ0) is 15.0. The third-order valence-corrected chi connectivity index (χ3v) is 3.38. The van der Waals surface area contributed by atoms with Crippen molar-refractivity contribution in [2.24, 2.45) is 0 Å². The Morgan fingerprint density at radius 3 is 2.48 bits per heavy atom. The second-order valence-electron chi connectivity index (χ2n) is 4.61. The quantitative estimate of drug-likeness (QED) is 0.762. The monoisotopic (exact) mass is 301 g/mol. The number of rotatable bonds is 2. The highest BCUT2D eigenvalue weighted by Gasteiger charge is 2.17. The van der Waals surface area contributed by atoms with E-state index in [2.05, 4.69) is 25.5 Å². The summed E-state index contributed by atoms with van der Waals surface area (Å²) < 4.78 is 0. The van der Waals surface area contributed by atoms with Crippen LogP contribution in [0.3, 0.4) is 0 Å². The smallest absolute Gasteiger partial charge is 0.260 e. The van der Waals surface area contributed by atoms with Crippen molar-refractivity contribution in [2.45, 2.75) is 13.8 Å². The topological polar surface area (TPSA) is 83.6 Å². The van der Waals surface area contributed by atoms with E-state index in [4.69, 9.17) is 11.6 Å². The highest BCUT2D eigenvalue weighted by molar-refractivity contribution is 6.32. The molecule has 0 bridgehead atoms. The minimum absolute atomic E-state index is 0.154. The minimum atomic E-state index is -0.315. The Morgan fingerprint density at radius 1 is 1.19 bits per heavy atom. The molecule has 0 fully saturated rings. The number of carbonyl (C=O) groups excluding carboxylic acids is 1. The van der Waals surface area contributed by atoms with Gasteiger partial charge in [-0.15, -0.1) is 0 Å². The van der Waals surface area contributed by atoms with Gasteiger partial charge in [0.05, 0.1) is 22.3 Å². The zero-order valence-corrected chi connectivity index (χ0v) is 12.2. The number of hydrogen-bond acceptors (Lipinski definition) is 4. The largest absolute Gasteiger partial charge is 0.304 e. The second-order valence-corrected chi connectivity index (χ2v) is 4.97. The number of carbonyl (C=O) groups is 1. The number of para-hydroxylation sites is 2. The van der Waals surface area contributed by atoms with Crippen LogP contribution >= 0.6 is 11.6 Å². The van der Waals surface area contributed by atoms with Crippen LogP contribution < -0.4 is 5.32 Å². The Morgan fingerprint density at radius 2 is 1.86 bits per heavy atom. The number of hydrogen-bond donors (Lipinski definition) is 2. The maximum Gasteiger partial charge on any atom is 0.260 e. The maximum absolute atomic E-state index is 12.3. The molecule has 0 saturated heterocycles. The average Bonchev–Trinajstić information content (AvgIpc) is 2.79. The Kier molecular flexibility index (Phi) is 3.31. The van der Waals surface area contributed by atoms with E-state index in [1.54, 1.807) is 13.8 Å². The van der Waals surface area contributed by atoms with Crippen LogP contribution in [-0.2, 0) is 0 Å². The zero-order valence-electron chi connectivity index (χ0n) is 11.4. The molecule has 0 aliphatic heterocycles. The standard InChI is InChI=1S/C14H12ClN5O/c1-7-11(8(2)20-19-7)14(21)18-13-12(15)16-9-5-3-4-6-10(9)17-13/h3-6H,1-2H3,(H,19,20)(H,17,18,21). The van der Waals surface area contributed by atoms with Gasteiger partial charge >= 0.3 is 0 Å². The van der Waals surface area contributed by atoms with E-state index in [1.165, 1.54) is 0 Å². The third-order valence-electron chi connectivity index (χ3n) is 3.12. The summed E-state index contributed by atoms with van der Waals surface area (Å²) in [5, 5.41) is 9.60. The van der Waals surface area contributed by atoms with Crippen LogP contribution in [0, 0.1) is 13.8 Å². The molecule has 0 unspecified atom stereocenters. The molecule has 1 aromatic carbocycles. The van der Waals surface area contributed by atoms with E-state index in [-0.39, 0.29) is 16.9 Å². The van der Waals surface area contributed by atoms with E-state index >= 15 is 0 Å². The molecule has 2 heterocycles. The molecule has 3 rings (SSSR count). The molecule has 106 valence electrons. The first-order chi connectivity index (χ1) is 10.1. The maximum atomic E-state index is 12.3. The van der Waals surface area contributed by atoms with Crippen molar-refractivity contribution in [3.8, 4) is 0 Å². The molecule has 7 heteroatoms. The summed E-state index contributed by atoms with van der Waals surface area (Å²) in [6.45, 7) is 3.54. The molecule has 2 N–H and O–H groups in total. The van der Waals surface area contributed by atoms with Crippen molar-refractivity contribution in [1.29, 1.82) is 0 Å². The van der Waals surface area contributed by atoms with Crippen molar-refractivity contribution in [1.82, 2.24) is 20.2 Å². The first-order valence-corrected chi connectivity index (χ1v) is 6.69. The number of aromatic nitrogens is 4. The molecular formula is C14H12ClN5O. The first kappa shape index (κ1) is 13.5. The first-order valence-electron chi connectivity index (χ1n) is 6.31. The summed E-state index contributed by atoms with van der Waals surface area (Å²) in [6.07, 6.45) is 0. The van der Waals surface area contributed by atoms with E-state index in [9.17, 15) is 4.79 Å².